The van der Waals surface area contributed by atoms with Crippen LogP contribution < -0.4 is 10.1 Å². The van der Waals surface area contributed by atoms with Gasteiger partial charge in [0.25, 0.3) is 5.91 Å². The van der Waals surface area contributed by atoms with Crippen molar-refractivity contribution in [3.05, 3.63) is 90.0 Å². The molecule has 1 amide bonds. The van der Waals surface area contributed by atoms with Crippen molar-refractivity contribution in [1.82, 2.24) is 5.32 Å². The van der Waals surface area contributed by atoms with Gasteiger partial charge in [-0.15, -0.1) is 0 Å². The number of esters is 1. The Bertz CT molecular complexity index is 954. The summed E-state index contributed by atoms with van der Waals surface area (Å²) in [5.41, 5.74) is 2.80. The third kappa shape index (κ3) is 4.76. The zero-order chi connectivity index (χ0) is 19.8. The fraction of sp³-hybridized carbons (Fsp3) is 0.130. The maximum absolute atomic E-state index is 12.3. The van der Waals surface area contributed by atoms with Crippen LogP contribution in [0.25, 0.3) is 11.1 Å². The van der Waals surface area contributed by atoms with E-state index in [9.17, 15) is 9.59 Å². The predicted octanol–water partition coefficient (Wildman–Crippen LogP) is 3.95. The van der Waals surface area contributed by atoms with Gasteiger partial charge < -0.3 is 14.8 Å². The molecule has 5 nitrogen and oxygen atoms in total. The van der Waals surface area contributed by atoms with E-state index in [1.165, 1.54) is 13.2 Å². The highest BCUT2D eigenvalue weighted by Gasteiger charge is 2.10. The highest BCUT2D eigenvalue weighted by molar-refractivity contribution is 5.97. The average molecular weight is 375 g/mol. The molecule has 3 aromatic rings. The molecule has 0 saturated carbocycles. The molecule has 0 heterocycles. The number of ether oxygens (including phenoxy) is 2. The van der Waals surface area contributed by atoms with Gasteiger partial charge >= 0.3 is 5.97 Å². The summed E-state index contributed by atoms with van der Waals surface area (Å²) >= 11 is 0. The van der Waals surface area contributed by atoms with Crippen LogP contribution in [0.3, 0.4) is 0 Å². The molecule has 0 aliphatic heterocycles. The summed E-state index contributed by atoms with van der Waals surface area (Å²) < 4.78 is 10.5. The van der Waals surface area contributed by atoms with E-state index in [0.717, 1.165) is 16.9 Å². The first-order valence-corrected chi connectivity index (χ1v) is 8.93. The topological polar surface area (TPSA) is 64.6 Å². The molecule has 3 aromatic carbocycles. The van der Waals surface area contributed by atoms with E-state index >= 15 is 0 Å². The Balaban J connectivity index is 1.57. The van der Waals surface area contributed by atoms with Crippen LogP contribution in [0.2, 0.25) is 0 Å². The first-order valence-electron chi connectivity index (χ1n) is 8.93. The molecule has 142 valence electrons. The third-order valence-electron chi connectivity index (χ3n) is 4.16. The maximum Gasteiger partial charge on any atom is 0.337 e. The Labute approximate surface area is 163 Å². The molecule has 0 radical (unpaired) electrons. The van der Waals surface area contributed by atoms with Crippen LogP contribution in [-0.2, 0) is 4.74 Å². The lowest BCUT2D eigenvalue weighted by Gasteiger charge is -2.12. The molecule has 0 saturated heterocycles. The van der Waals surface area contributed by atoms with Crippen LogP contribution in [-0.4, -0.2) is 32.1 Å². The quantitative estimate of drug-likeness (QED) is 0.502. The van der Waals surface area contributed by atoms with Crippen molar-refractivity contribution in [2.24, 2.45) is 0 Å². The molecule has 0 atom stereocenters. The number of benzene rings is 3. The first kappa shape index (κ1) is 19.2. The van der Waals surface area contributed by atoms with E-state index in [1.807, 2.05) is 54.6 Å². The molecule has 0 aromatic heterocycles. The number of hydrogen-bond donors (Lipinski definition) is 1. The van der Waals surface area contributed by atoms with Crippen molar-refractivity contribution < 1.29 is 19.1 Å². The molecule has 5 heteroatoms. The van der Waals surface area contributed by atoms with Gasteiger partial charge in [-0.25, -0.2) is 4.79 Å². The van der Waals surface area contributed by atoms with Crippen LogP contribution in [0.1, 0.15) is 20.7 Å². The van der Waals surface area contributed by atoms with E-state index in [4.69, 9.17) is 4.74 Å². The number of carbonyl (C=O) groups is 2. The van der Waals surface area contributed by atoms with Crippen molar-refractivity contribution in [1.29, 1.82) is 0 Å². The molecule has 1 N–H and O–H groups in total. The zero-order valence-electron chi connectivity index (χ0n) is 15.6. The highest BCUT2D eigenvalue weighted by Crippen LogP contribution is 2.29. The van der Waals surface area contributed by atoms with Gasteiger partial charge in [-0.1, -0.05) is 54.6 Å². The molecule has 0 bridgehead atoms. The molecule has 0 unspecified atom stereocenters. The summed E-state index contributed by atoms with van der Waals surface area (Å²) in [5.74, 6) is 0.0110. The van der Waals surface area contributed by atoms with Crippen LogP contribution in [0.5, 0.6) is 5.75 Å². The van der Waals surface area contributed by atoms with Gasteiger partial charge in [0.2, 0.25) is 0 Å². The van der Waals surface area contributed by atoms with E-state index in [1.54, 1.807) is 18.2 Å². The Morgan fingerprint density at radius 1 is 0.857 bits per heavy atom. The normalized spacial score (nSPS) is 10.2. The van der Waals surface area contributed by atoms with E-state index in [0.29, 0.717) is 24.3 Å². The second-order valence-electron chi connectivity index (χ2n) is 6.04. The van der Waals surface area contributed by atoms with Crippen molar-refractivity contribution >= 4 is 11.9 Å². The third-order valence-corrected chi connectivity index (χ3v) is 4.16. The molecule has 28 heavy (non-hydrogen) atoms. The Morgan fingerprint density at radius 3 is 2.36 bits per heavy atom. The summed E-state index contributed by atoms with van der Waals surface area (Å²) in [5, 5.41) is 2.80. The lowest BCUT2D eigenvalue weighted by molar-refractivity contribution is 0.0600. The highest BCUT2D eigenvalue weighted by atomic mass is 16.5. The number of carbonyl (C=O) groups excluding carboxylic acids is 2. The summed E-state index contributed by atoms with van der Waals surface area (Å²) in [6, 6.07) is 24.2. The number of para-hydroxylation sites is 1. The minimum Gasteiger partial charge on any atom is -0.491 e. The fourth-order valence-corrected chi connectivity index (χ4v) is 2.78. The van der Waals surface area contributed by atoms with Crippen molar-refractivity contribution in [2.75, 3.05) is 20.3 Å². The van der Waals surface area contributed by atoms with Gasteiger partial charge in [0, 0.05) is 11.1 Å². The van der Waals surface area contributed by atoms with Gasteiger partial charge in [0.05, 0.1) is 19.2 Å². The van der Waals surface area contributed by atoms with Gasteiger partial charge in [-0.2, -0.15) is 0 Å². The van der Waals surface area contributed by atoms with Crippen LogP contribution in [0, 0.1) is 0 Å². The van der Waals surface area contributed by atoms with E-state index in [2.05, 4.69) is 10.1 Å². The Kier molecular flexibility index (Phi) is 6.41. The van der Waals surface area contributed by atoms with E-state index < -0.39 is 5.97 Å². The number of rotatable bonds is 7. The summed E-state index contributed by atoms with van der Waals surface area (Å²) in [6.45, 7) is 0.663. The number of amides is 1. The van der Waals surface area contributed by atoms with Crippen LogP contribution in [0.4, 0.5) is 0 Å². The van der Waals surface area contributed by atoms with Gasteiger partial charge in [-0.05, 0) is 29.8 Å². The van der Waals surface area contributed by atoms with Crippen molar-refractivity contribution in [3.63, 3.8) is 0 Å². The molecular formula is C23H21NO4. The maximum atomic E-state index is 12.3. The SMILES string of the molecule is COC(=O)c1cccc(C(=O)NCCOc2ccccc2-c2ccccc2)c1. The predicted molar refractivity (Wildman–Crippen MR) is 107 cm³/mol. The van der Waals surface area contributed by atoms with Gasteiger partial charge in [0.1, 0.15) is 12.4 Å². The molecule has 0 aliphatic rings. The largest absolute Gasteiger partial charge is 0.491 e. The van der Waals surface area contributed by atoms with Crippen LogP contribution >= 0.6 is 0 Å². The molecule has 3 rings (SSSR count). The summed E-state index contributed by atoms with van der Waals surface area (Å²) in [4.78, 5) is 23.9. The lowest BCUT2D eigenvalue weighted by Crippen LogP contribution is -2.28. The molecule has 0 aliphatic carbocycles. The minimum absolute atomic E-state index is 0.273. The second kappa shape index (κ2) is 9.37. The number of methoxy groups -OCH3 is 1. The lowest BCUT2D eigenvalue weighted by atomic mass is 10.1. The second-order valence-corrected chi connectivity index (χ2v) is 6.04. The molecule has 0 fully saturated rings. The molecular weight excluding hydrogens is 354 g/mol. The Hall–Kier alpha value is -3.60. The van der Waals surface area contributed by atoms with Crippen molar-refractivity contribution in [2.45, 2.75) is 0 Å². The minimum atomic E-state index is -0.476. The summed E-state index contributed by atoms with van der Waals surface area (Å²) in [7, 11) is 1.31. The van der Waals surface area contributed by atoms with E-state index in [-0.39, 0.29) is 5.91 Å². The summed E-state index contributed by atoms with van der Waals surface area (Å²) in [6.07, 6.45) is 0. The monoisotopic (exact) mass is 375 g/mol. The van der Waals surface area contributed by atoms with Crippen LogP contribution in [0.15, 0.2) is 78.9 Å². The number of hydrogen-bond acceptors (Lipinski definition) is 4. The first-order chi connectivity index (χ1) is 13.7. The molecule has 0 spiro atoms. The smallest absolute Gasteiger partial charge is 0.337 e. The van der Waals surface area contributed by atoms with Gasteiger partial charge in [-0.3, -0.25) is 4.79 Å². The van der Waals surface area contributed by atoms with Gasteiger partial charge in [0.15, 0.2) is 0 Å². The number of nitrogens with one attached hydrogen (secondary N) is 1. The standard InChI is InChI=1S/C23H21NO4/c1-27-23(26)19-11-7-10-18(16-19)22(25)24-14-15-28-21-13-6-5-12-20(21)17-8-3-2-4-9-17/h2-13,16H,14-15H2,1H3,(H,24,25). The average Bonchev–Trinajstić information content (AvgIpc) is 2.77. The fourth-order valence-electron chi connectivity index (χ4n) is 2.78. The zero-order valence-corrected chi connectivity index (χ0v) is 15.6. The van der Waals surface area contributed by atoms with Crippen molar-refractivity contribution in [3.8, 4) is 16.9 Å². The Morgan fingerprint density at radius 2 is 1.57 bits per heavy atom.